The number of carbonyl (C=O) groups excluding carboxylic acids is 2. The predicted molar refractivity (Wildman–Crippen MR) is 174 cm³/mol. The Kier molecular flexibility index (Phi) is 10.1. The fraction of sp³-hybridized carbons (Fsp3) is 0.412. The van der Waals surface area contributed by atoms with E-state index in [-0.39, 0.29) is 35.6 Å². The number of morpholine rings is 1. The van der Waals surface area contributed by atoms with Crippen LogP contribution in [0.25, 0.3) is 16.9 Å². The first kappa shape index (κ1) is 33.2. The van der Waals surface area contributed by atoms with Crippen LogP contribution in [0.3, 0.4) is 0 Å². The van der Waals surface area contributed by atoms with E-state index in [0.29, 0.717) is 74.1 Å². The molecule has 1 atom stereocenters. The largest absolute Gasteiger partial charge is 0.494 e. The highest BCUT2D eigenvalue weighted by Gasteiger charge is 2.29. The summed E-state index contributed by atoms with van der Waals surface area (Å²) in [5.41, 5.74) is 2.75. The summed E-state index contributed by atoms with van der Waals surface area (Å²) in [5.74, 6) is -2.33. The zero-order valence-electron chi connectivity index (χ0n) is 26.9. The molecule has 1 unspecified atom stereocenters. The van der Waals surface area contributed by atoms with Gasteiger partial charge < -0.3 is 30.1 Å². The van der Waals surface area contributed by atoms with Crippen molar-refractivity contribution in [2.24, 2.45) is 5.92 Å². The Balaban J connectivity index is 1.05. The smallest absolute Gasteiger partial charge is 0.254 e. The molecule has 2 fully saturated rings. The van der Waals surface area contributed by atoms with E-state index in [9.17, 15) is 23.5 Å². The van der Waals surface area contributed by atoms with Gasteiger partial charge in [0.15, 0.2) is 23.0 Å². The molecule has 14 heteroatoms. The maximum absolute atomic E-state index is 14.9. The van der Waals surface area contributed by atoms with Crippen LogP contribution in [0.1, 0.15) is 28.8 Å². The van der Waals surface area contributed by atoms with E-state index in [0.717, 1.165) is 18.7 Å². The van der Waals surface area contributed by atoms with Gasteiger partial charge in [0.2, 0.25) is 11.7 Å². The van der Waals surface area contributed by atoms with E-state index < -0.39 is 17.7 Å². The molecule has 12 nitrogen and oxygen atoms in total. The van der Waals surface area contributed by atoms with E-state index in [2.05, 4.69) is 25.5 Å². The van der Waals surface area contributed by atoms with Gasteiger partial charge in [0, 0.05) is 74.4 Å². The summed E-state index contributed by atoms with van der Waals surface area (Å²) in [4.78, 5) is 38.9. The van der Waals surface area contributed by atoms with Gasteiger partial charge in [-0.15, -0.1) is 0 Å². The molecular weight excluding hydrogens is 624 g/mol. The Bertz CT molecular complexity index is 1790. The van der Waals surface area contributed by atoms with Crippen LogP contribution in [0.2, 0.25) is 0 Å². The maximum atomic E-state index is 14.9. The average Bonchev–Trinajstić information content (AvgIpc) is 3.53. The number of anilines is 2. The number of amides is 2. The third-order valence-corrected chi connectivity index (χ3v) is 8.93. The topological polar surface area (TPSA) is 134 Å². The number of nitrogens with one attached hydrogen (secondary N) is 2. The minimum absolute atomic E-state index is 0.0274. The molecule has 2 aromatic carbocycles. The quantitative estimate of drug-likeness (QED) is 0.234. The van der Waals surface area contributed by atoms with Gasteiger partial charge in [0.05, 0.1) is 38.3 Å². The zero-order chi connectivity index (χ0) is 33.8. The first-order chi connectivity index (χ1) is 23.2. The van der Waals surface area contributed by atoms with Crippen molar-refractivity contribution in [2.75, 3.05) is 64.9 Å². The highest BCUT2D eigenvalue weighted by molar-refractivity contribution is 5.96. The molecule has 0 bridgehead atoms. The lowest BCUT2D eigenvalue weighted by Gasteiger charge is -2.32. The Hall–Kier alpha value is -4.66. The number of fused-ring (bicyclic) bond motifs is 1. The number of methoxy groups -OCH3 is 1. The van der Waals surface area contributed by atoms with Crippen molar-refractivity contribution in [1.29, 1.82) is 0 Å². The van der Waals surface area contributed by atoms with Crippen LogP contribution in [0.15, 0.2) is 48.9 Å². The molecule has 0 spiro atoms. The molecule has 2 aromatic heterocycles. The van der Waals surface area contributed by atoms with Crippen molar-refractivity contribution in [3.05, 3.63) is 71.7 Å². The minimum Gasteiger partial charge on any atom is -0.494 e. The number of aliphatic hydroxyl groups is 1. The number of imidazole rings is 1. The van der Waals surface area contributed by atoms with Crippen molar-refractivity contribution < 1.29 is 33.0 Å². The van der Waals surface area contributed by atoms with Gasteiger partial charge in [-0.25, -0.2) is 14.4 Å². The second-order valence-corrected chi connectivity index (χ2v) is 12.1. The number of ether oxygens (including phenoxy) is 2. The lowest BCUT2D eigenvalue weighted by Crippen LogP contribution is -2.47. The molecule has 2 aliphatic rings. The first-order valence-corrected chi connectivity index (χ1v) is 16.0. The van der Waals surface area contributed by atoms with Crippen LogP contribution in [0.4, 0.5) is 20.3 Å². The monoisotopic (exact) mass is 663 g/mol. The molecule has 48 heavy (non-hydrogen) atoms. The minimum atomic E-state index is -1.08. The van der Waals surface area contributed by atoms with E-state index in [4.69, 9.17) is 9.47 Å². The third kappa shape index (κ3) is 7.10. The summed E-state index contributed by atoms with van der Waals surface area (Å²) >= 11 is 0. The van der Waals surface area contributed by atoms with Gasteiger partial charge in [0.25, 0.3) is 5.91 Å². The fourth-order valence-electron chi connectivity index (χ4n) is 6.24. The van der Waals surface area contributed by atoms with Gasteiger partial charge in [-0.2, -0.15) is 4.39 Å². The summed E-state index contributed by atoms with van der Waals surface area (Å²) < 4.78 is 41.1. The predicted octanol–water partition coefficient (Wildman–Crippen LogP) is 3.40. The summed E-state index contributed by atoms with van der Waals surface area (Å²) in [6.45, 7) is 6.31. The average molecular weight is 664 g/mol. The number of aliphatic hydroxyl groups excluding tert-OH is 1. The summed E-state index contributed by atoms with van der Waals surface area (Å²) in [5, 5.41) is 16.5. The van der Waals surface area contributed by atoms with E-state index in [1.807, 2.05) is 13.0 Å². The standard InChI is InChI=1S/C34H39F2N7O5/c1-21-17-23(40-31-32-38-19-27(43(32)12-9-37-31)26-5-6-28(47-2)30(36)29(26)35)3-4-25(21)34(46)42-10-7-22(8-11-42)33(45)39-18-24(44)20-41-13-15-48-16-14-41/h3-6,9,12,17,19,22,24,44H,7-8,10-11,13-16,18,20H2,1-2H3,(H,37,40)(H,39,45). The van der Waals surface area contributed by atoms with Gasteiger partial charge in [-0.1, -0.05) is 0 Å². The van der Waals surface area contributed by atoms with Crippen LogP contribution in [0.5, 0.6) is 5.75 Å². The van der Waals surface area contributed by atoms with Crippen molar-refractivity contribution in [3.8, 4) is 17.0 Å². The molecule has 254 valence electrons. The Morgan fingerprint density at radius 1 is 1.08 bits per heavy atom. The number of hydrogen-bond acceptors (Lipinski definition) is 9. The Labute approximate surface area is 276 Å². The van der Waals surface area contributed by atoms with E-state index in [1.165, 1.54) is 31.6 Å². The molecule has 2 saturated heterocycles. The van der Waals surface area contributed by atoms with Crippen molar-refractivity contribution >= 4 is 29.0 Å². The van der Waals surface area contributed by atoms with Crippen LogP contribution in [-0.4, -0.2) is 107 Å². The molecule has 2 amide bonds. The molecule has 0 aliphatic carbocycles. The van der Waals surface area contributed by atoms with Gasteiger partial charge in [-0.3, -0.25) is 18.9 Å². The molecule has 6 rings (SSSR count). The number of aryl methyl sites for hydroxylation is 1. The molecule has 3 N–H and O–H groups in total. The number of likely N-dealkylation sites (tertiary alicyclic amines) is 1. The van der Waals surface area contributed by atoms with Crippen LogP contribution >= 0.6 is 0 Å². The highest BCUT2D eigenvalue weighted by atomic mass is 19.2. The number of hydrogen-bond donors (Lipinski definition) is 3. The Morgan fingerprint density at radius 3 is 2.58 bits per heavy atom. The number of piperidine rings is 1. The number of nitrogens with zero attached hydrogens (tertiary/aromatic N) is 5. The van der Waals surface area contributed by atoms with E-state index >= 15 is 0 Å². The molecule has 2 aliphatic heterocycles. The van der Waals surface area contributed by atoms with Crippen LogP contribution in [0, 0.1) is 24.5 Å². The number of benzene rings is 2. The van der Waals surface area contributed by atoms with Crippen molar-refractivity contribution in [3.63, 3.8) is 0 Å². The van der Waals surface area contributed by atoms with Crippen LogP contribution in [-0.2, 0) is 9.53 Å². The highest BCUT2D eigenvalue weighted by Crippen LogP contribution is 2.32. The molecule has 4 heterocycles. The lowest BCUT2D eigenvalue weighted by molar-refractivity contribution is -0.126. The normalized spacial score (nSPS) is 16.6. The maximum Gasteiger partial charge on any atom is 0.254 e. The SMILES string of the molecule is COc1ccc(-c2cnc3c(Nc4ccc(C(=O)N5CCC(C(=O)NCC(O)CN6CCOCC6)CC5)c(C)c4)nccn23)c(F)c1F. The zero-order valence-corrected chi connectivity index (χ0v) is 26.9. The Morgan fingerprint density at radius 2 is 1.85 bits per heavy atom. The number of halogens is 2. The molecular formula is C34H39F2N7O5. The van der Waals surface area contributed by atoms with Gasteiger partial charge in [-0.05, 0) is 55.7 Å². The summed E-state index contributed by atoms with van der Waals surface area (Å²) in [6.07, 6.45) is 5.03. The lowest BCUT2D eigenvalue weighted by atomic mass is 9.95. The first-order valence-electron chi connectivity index (χ1n) is 16.0. The van der Waals surface area contributed by atoms with Crippen molar-refractivity contribution in [1.82, 2.24) is 29.5 Å². The van der Waals surface area contributed by atoms with E-state index in [1.54, 1.807) is 27.6 Å². The van der Waals surface area contributed by atoms with Crippen molar-refractivity contribution in [2.45, 2.75) is 25.9 Å². The molecule has 0 radical (unpaired) electrons. The number of rotatable bonds is 10. The number of β-amino-alcohol motifs (C(OH)–C–C–N with tert-alkyl or cyclic N) is 1. The van der Waals surface area contributed by atoms with Crippen LogP contribution < -0.4 is 15.4 Å². The van der Waals surface area contributed by atoms with Gasteiger partial charge in [0.1, 0.15) is 0 Å². The number of carbonyl (C=O) groups is 2. The fourth-order valence-corrected chi connectivity index (χ4v) is 6.24. The second-order valence-electron chi connectivity index (χ2n) is 12.1. The number of aromatic nitrogens is 3. The van der Waals surface area contributed by atoms with Gasteiger partial charge >= 0.3 is 0 Å². The molecule has 4 aromatic rings. The summed E-state index contributed by atoms with van der Waals surface area (Å²) in [6, 6.07) is 8.16. The second kappa shape index (κ2) is 14.6. The molecule has 0 saturated carbocycles. The summed E-state index contributed by atoms with van der Waals surface area (Å²) in [7, 11) is 1.27. The third-order valence-electron chi connectivity index (χ3n) is 8.93.